The number of fused-ring (bicyclic) bond motifs is 1. The molecule has 1 fully saturated rings. The average molecular weight is 303 g/mol. The van der Waals surface area contributed by atoms with Crippen molar-refractivity contribution < 1.29 is 14.7 Å². The summed E-state index contributed by atoms with van der Waals surface area (Å²) in [5.74, 6) is -1.42. The lowest BCUT2D eigenvalue weighted by Gasteiger charge is -2.17. The number of aliphatic carboxylic acids is 1. The number of carbonyl (C=O) groups excluding carboxylic acids is 1. The van der Waals surface area contributed by atoms with Crippen molar-refractivity contribution in [2.24, 2.45) is 5.92 Å². The van der Waals surface area contributed by atoms with Crippen LogP contribution in [0, 0.1) is 12.8 Å². The highest BCUT2D eigenvalue weighted by Crippen LogP contribution is 2.31. The summed E-state index contributed by atoms with van der Waals surface area (Å²) < 4.78 is 1.08. The van der Waals surface area contributed by atoms with E-state index in [-0.39, 0.29) is 11.9 Å². The fourth-order valence-electron chi connectivity index (χ4n) is 3.05. The Bertz CT molecular complexity index is 707. The van der Waals surface area contributed by atoms with Crippen LogP contribution in [-0.4, -0.2) is 23.0 Å². The number of thiophene rings is 1. The standard InChI is InChI=1S/C16H17NO3S/c1-9-10-5-2-3-8-13(10)21-14(9)15(18)17-12-7-4-6-11(12)16(19)20/h2-3,5,8,11-12H,4,6-7H2,1H3,(H,17,18)(H,19,20). The third kappa shape index (κ3) is 2.53. The highest BCUT2D eigenvalue weighted by atomic mass is 32.1. The molecule has 21 heavy (non-hydrogen) atoms. The molecule has 110 valence electrons. The Morgan fingerprint density at radius 2 is 2.05 bits per heavy atom. The van der Waals surface area contributed by atoms with E-state index in [2.05, 4.69) is 5.32 Å². The molecule has 0 spiro atoms. The molecule has 2 N–H and O–H groups in total. The van der Waals surface area contributed by atoms with Crippen LogP contribution in [0.5, 0.6) is 0 Å². The van der Waals surface area contributed by atoms with Crippen molar-refractivity contribution in [2.45, 2.75) is 32.2 Å². The van der Waals surface area contributed by atoms with Crippen molar-refractivity contribution in [1.82, 2.24) is 5.32 Å². The lowest BCUT2D eigenvalue weighted by atomic mass is 10.0. The van der Waals surface area contributed by atoms with E-state index >= 15 is 0 Å². The fourth-order valence-corrected chi connectivity index (χ4v) is 4.17. The predicted molar refractivity (Wildman–Crippen MR) is 82.8 cm³/mol. The van der Waals surface area contributed by atoms with Crippen molar-refractivity contribution in [3.05, 3.63) is 34.7 Å². The first-order valence-electron chi connectivity index (χ1n) is 7.09. The van der Waals surface area contributed by atoms with E-state index in [0.29, 0.717) is 11.3 Å². The molecule has 1 aliphatic carbocycles. The van der Waals surface area contributed by atoms with Crippen molar-refractivity contribution in [1.29, 1.82) is 0 Å². The second-order valence-electron chi connectivity index (χ2n) is 5.51. The van der Waals surface area contributed by atoms with Crippen LogP contribution in [-0.2, 0) is 4.79 Å². The number of hydrogen-bond acceptors (Lipinski definition) is 3. The third-order valence-electron chi connectivity index (χ3n) is 4.20. The normalized spacial score (nSPS) is 21.6. The van der Waals surface area contributed by atoms with E-state index < -0.39 is 11.9 Å². The van der Waals surface area contributed by atoms with E-state index in [1.54, 1.807) is 0 Å². The number of aryl methyl sites for hydroxylation is 1. The summed E-state index contributed by atoms with van der Waals surface area (Å²) in [5, 5.41) is 13.2. The molecule has 2 unspecified atom stereocenters. The minimum absolute atomic E-state index is 0.146. The number of hydrogen-bond donors (Lipinski definition) is 2. The Kier molecular flexibility index (Phi) is 3.68. The lowest BCUT2D eigenvalue weighted by molar-refractivity contribution is -0.142. The van der Waals surface area contributed by atoms with Gasteiger partial charge in [-0.1, -0.05) is 24.6 Å². The van der Waals surface area contributed by atoms with E-state index in [9.17, 15) is 14.7 Å². The third-order valence-corrected chi connectivity index (χ3v) is 5.47. The van der Waals surface area contributed by atoms with Crippen molar-refractivity contribution in [2.75, 3.05) is 0 Å². The van der Waals surface area contributed by atoms with Crippen LogP contribution in [0.25, 0.3) is 10.1 Å². The first-order valence-corrected chi connectivity index (χ1v) is 7.91. The number of carboxylic acid groups (broad SMARTS) is 1. The monoisotopic (exact) mass is 303 g/mol. The first-order chi connectivity index (χ1) is 10.1. The molecular formula is C16H17NO3S. The van der Waals surface area contributed by atoms with Gasteiger partial charge in [0.1, 0.15) is 0 Å². The summed E-state index contributed by atoms with van der Waals surface area (Å²) in [5.41, 5.74) is 0.970. The van der Waals surface area contributed by atoms with Crippen LogP contribution >= 0.6 is 11.3 Å². The molecule has 4 nitrogen and oxygen atoms in total. The number of carboxylic acids is 1. The maximum atomic E-state index is 12.5. The van der Waals surface area contributed by atoms with Gasteiger partial charge in [0.15, 0.2) is 0 Å². The van der Waals surface area contributed by atoms with Gasteiger partial charge in [0, 0.05) is 10.7 Å². The van der Waals surface area contributed by atoms with E-state index in [4.69, 9.17) is 0 Å². The molecule has 0 bridgehead atoms. The van der Waals surface area contributed by atoms with Crippen molar-refractivity contribution in [3.8, 4) is 0 Å². The van der Waals surface area contributed by atoms with Gasteiger partial charge in [0.2, 0.25) is 0 Å². The largest absolute Gasteiger partial charge is 0.481 e. The van der Waals surface area contributed by atoms with Crippen LogP contribution in [0.1, 0.15) is 34.5 Å². The van der Waals surface area contributed by atoms with E-state index in [1.165, 1.54) is 11.3 Å². The van der Waals surface area contributed by atoms with Crippen molar-refractivity contribution >= 4 is 33.3 Å². The Morgan fingerprint density at radius 1 is 1.29 bits per heavy atom. The lowest BCUT2D eigenvalue weighted by Crippen LogP contribution is -2.40. The van der Waals surface area contributed by atoms with Crippen LogP contribution in [0.2, 0.25) is 0 Å². The molecule has 1 aliphatic rings. The number of amides is 1. The van der Waals surface area contributed by atoms with Crippen LogP contribution in [0.4, 0.5) is 0 Å². The Hall–Kier alpha value is -1.88. The van der Waals surface area contributed by atoms with E-state index in [0.717, 1.165) is 28.5 Å². The van der Waals surface area contributed by atoms with Gasteiger partial charge in [-0.2, -0.15) is 0 Å². The molecule has 1 saturated carbocycles. The van der Waals surface area contributed by atoms with Crippen molar-refractivity contribution in [3.63, 3.8) is 0 Å². The molecule has 0 aliphatic heterocycles. The highest BCUT2D eigenvalue weighted by molar-refractivity contribution is 7.21. The molecule has 3 rings (SSSR count). The minimum atomic E-state index is -0.814. The number of rotatable bonds is 3. The van der Waals surface area contributed by atoms with Gasteiger partial charge in [0.05, 0.1) is 10.8 Å². The molecular weight excluding hydrogens is 286 g/mol. The molecule has 1 aromatic carbocycles. The highest BCUT2D eigenvalue weighted by Gasteiger charge is 2.34. The van der Waals surface area contributed by atoms with Gasteiger partial charge >= 0.3 is 5.97 Å². The molecule has 1 heterocycles. The number of nitrogens with one attached hydrogen (secondary N) is 1. The van der Waals surface area contributed by atoms with Crippen LogP contribution in [0.3, 0.4) is 0 Å². The summed E-state index contributed by atoms with van der Waals surface area (Å²) in [6.45, 7) is 1.94. The first kappa shape index (κ1) is 14.1. The molecule has 1 amide bonds. The molecule has 5 heteroatoms. The maximum Gasteiger partial charge on any atom is 0.308 e. The summed E-state index contributed by atoms with van der Waals surface area (Å²) in [6, 6.07) is 7.67. The molecule has 1 aromatic heterocycles. The molecule has 2 atom stereocenters. The second kappa shape index (κ2) is 5.48. The fraction of sp³-hybridized carbons (Fsp3) is 0.375. The smallest absolute Gasteiger partial charge is 0.308 e. The van der Waals surface area contributed by atoms with Gasteiger partial charge in [0.25, 0.3) is 5.91 Å². The summed E-state index contributed by atoms with van der Waals surface area (Å²) in [6.07, 6.45) is 2.24. The number of carbonyl (C=O) groups is 2. The maximum absolute atomic E-state index is 12.5. The van der Waals surface area contributed by atoms with E-state index in [1.807, 2.05) is 31.2 Å². The Balaban J connectivity index is 1.84. The van der Waals surface area contributed by atoms with Gasteiger partial charge in [-0.25, -0.2) is 0 Å². The van der Waals surface area contributed by atoms with Crippen LogP contribution < -0.4 is 5.32 Å². The Morgan fingerprint density at radius 3 is 2.76 bits per heavy atom. The van der Waals surface area contributed by atoms with Gasteiger partial charge in [-0.3, -0.25) is 9.59 Å². The second-order valence-corrected chi connectivity index (χ2v) is 6.56. The topological polar surface area (TPSA) is 66.4 Å². The zero-order chi connectivity index (χ0) is 15.0. The number of benzene rings is 1. The van der Waals surface area contributed by atoms with Gasteiger partial charge in [-0.05, 0) is 36.8 Å². The summed E-state index contributed by atoms with van der Waals surface area (Å²) in [4.78, 5) is 24.3. The average Bonchev–Trinajstić information content (AvgIpc) is 3.04. The van der Waals surface area contributed by atoms with Crippen LogP contribution in [0.15, 0.2) is 24.3 Å². The summed E-state index contributed by atoms with van der Waals surface area (Å²) in [7, 11) is 0. The molecule has 0 radical (unpaired) electrons. The predicted octanol–water partition coefficient (Wildman–Crippen LogP) is 3.19. The zero-order valence-corrected chi connectivity index (χ0v) is 12.6. The van der Waals surface area contributed by atoms with Gasteiger partial charge in [-0.15, -0.1) is 11.3 Å². The molecule has 2 aromatic rings. The molecule has 0 saturated heterocycles. The Labute approximate surface area is 126 Å². The zero-order valence-electron chi connectivity index (χ0n) is 11.8. The SMILES string of the molecule is Cc1c(C(=O)NC2CCCC2C(=O)O)sc2ccccc12. The summed E-state index contributed by atoms with van der Waals surface area (Å²) >= 11 is 1.47. The quantitative estimate of drug-likeness (QED) is 0.915. The van der Waals surface area contributed by atoms with Gasteiger partial charge < -0.3 is 10.4 Å². The minimum Gasteiger partial charge on any atom is -0.481 e.